The molecule has 0 saturated heterocycles. The lowest BCUT2D eigenvalue weighted by Crippen LogP contribution is -2.52. The summed E-state index contributed by atoms with van der Waals surface area (Å²) in [5.74, 6) is -0.433. The zero-order valence-corrected chi connectivity index (χ0v) is 27.4. The third-order valence-electron chi connectivity index (χ3n) is 7.05. The van der Waals surface area contributed by atoms with Crippen LogP contribution in [0.5, 0.6) is 11.5 Å². The predicted molar refractivity (Wildman–Crippen MR) is 170 cm³/mol. The zero-order chi connectivity index (χ0) is 31.9. The van der Waals surface area contributed by atoms with Crippen LogP contribution in [-0.4, -0.2) is 58.0 Å². The van der Waals surface area contributed by atoms with E-state index in [0.717, 1.165) is 9.87 Å². The van der Waals surface area contributed by atoms with Gasteiger partial charge in [0, 0.05) is 18.7 Å². The van der Waals surface area contributed by atoms with Crippen LogP contribution in [0.1, 0.15) is 38.3 Å². The molecule has 3 rings (SSSR count). The highest BCUT2D eigenvalue weighted by Crippen LogP contribution is 2.36. The Morgan fingerprint density at radius 1 is 0.930 bits per heavy atom. The number of amides is 2. The zero-order valence-electron chi connectivity index (χ0n) is 25.1. The molecular weight excluding hydrogens is 613 g/mol. The molecule has 0 spiro atoms. The number of rotatable bonds is 13. The molecule has 0 aromatic heterocycles. The van der Waals surface area contributed by atoms with Crippen LogP contribution in [0.4, 0.5) is 5.69 Å². The van der Waals surface area contributed by atoms with Gasteiger partial charge in [-0.1, -0.05) is 53.9 Å². The van der Waals surface area contributed by atoms with Crippen molar-refractivity contribution in [3.8, 4) is 11.5 Å². The van der Waals surface area contributed by atoms with Gasteiger partial charge in [0.1, 0.15) is 24.1 Å². The molecule has 3 aromatic carbocycles. The van der Waals surface area contributed by atoms with Crippen LogP contribution >= 0.6 is 23.2 Å². The summed E-state index contributed by atoms with van der Waals surface area (Å²) in [6.45, 7) is 6.57. The van der Waals surface area contributed by atoms with E-state index in [2.05, 4.69) is 5.32 Å². The van der Waals surface area contributed by atoms with Crippen LogP contribution < -0.4 is 19.1 Å². The molecule has 0 fully saturated rings. The molecule has 3 aromatic rings. The number of carbonyl (C=O) groups is 2. The van der Waals surface area contributed by atoms with Crippen LogP contribution in [0.25, 0.3) is 0 Å². The van der Waals surface area contributed by atoms with Gasteiger partial charge in [0.05, 0.1) is 34.8 Å². The summed E-state index contributed by atoms with van der Waals surface area (Å²) in [5, 5.41) is 3.53. The van der Waals surface area contributed by atoms with E-state index < -0.39 is 28.5 Å². The topological polar surface area (TPSA) is 105 Å². The number of aryl methyl sites for hydroxylation is 1. The molecular formula is C31H37Cl2N3O6S. The maximum atomic E-state index is 14.2. The molecule has 2 atom stereocenters. The number of nitrogens with one attached hydrogen (secondary N) is 1. The minimum absolute atomic E-state index is 0.0191. The van der Waals surface area contributed by atoms with E-state index in [4.69, 9.17) is 32.7 Å². The van der Waals surface area contributed by atoms with Gasteiger partial charge >= 0.3 is 0 Å². The van der Waals surface area contributed by atoms with Gasteiger partial charge in [-0.25, -0.2) is 8.42 Å². The van der Waals surface area contributed by atoms with E-state index in [1.165, 1.54) is 37.3 Å². The van der Waals surface area contributed by atoms with Gasteiger partial charge in [0.15, 0.2) is 0 Å². The van der Waals surface area contributed by atoms with E-state index in [-0.39, 0.29) is 39.8 Å². The second-order valence-electron chi connectivity index (χ2n) is 10.1. The van der Waals surface area contributed by atoms with Crippen LogP contribution in [0.15, 0.2) is 65.6 Å². The van der Waals surface area contributed by atoms with Gasteiger partial charge in [-0.15, -0.1) is 0 Å². The first-order valence-electron chi connectivity index (χ1n) is 13.7. The van der Waals surface area contributed by atoms with Crippen molar-refractivity contribution in [3.63, 3.8) is 0 Å². The predicted octanol–water partition coefficient (Wildman–Crippen LogP) is 5.85. The third-order valence-corrected chi connectivity index (χ3v) is 9.56. The number of nitrogens with zero attached hydrogens (tertiary/aromatic N) is 2. The Morgan fingerprint density at radius 3 is 2.19 bits per heavy atom. The molecule has 0 unspecified atom stereocenters. The molecule has 43 heavy (non-hydrogen) atoms. The molecule has 9 nitrogen and oxygen atoms in total. The first-order valence-corrected chi connectivity index (χ1v) is 15.9. The molecule has 232 valence electrons. The lowest BCUT2D eigenvalue weighted by atomic mass is 10.1. The van der Waals surface area contributed by atoms with Gasteiger partial charge in [-0.3, -0.25) is 13.9 Å². The van der Waals surface area contributed by atoms with E-state index in [0.29, 0.717) is 22.8 Å². The smallest absolute Gasteiger partial charge is 0.264 e. The summed E-state index contributed by atoms with van der Waals surface area (Å²) in [7, 11) is -1.44. The molecule has 0 heterocycles. The van der Waals surface area contributed by atoms with Crippen molar-refractivity contribution in [2.75, 3.05) is 25.1 Å². The van der Waals surface area contributed by atoms with Gasteiger partial charge in [0.2, 0.25) is 11.8 Å². The summed E-state index contributed by atoms with van der Waals surface area (Å²) < 4.78 is 40.1. The van der Waals surface area contributed by atoms with Crippen LogP contribution in [0, 0.1) is 6.92 Å². The molecule has 1 N–H and O–H groups in total. The van der Waals surface area contributed by atoms with Crippen molar-refractivity contribution in [1.29, 1.82) is 0 Å². The number of methoxy groups -OCH3 is 2. The third kappa shape index (κ3) is 8.34. The molecule has 12 heteroatoms. The fourth-order valence-electron chi connectivity index (χ4n) is 4.23. The van der Waals surface area contributed by atoms with E-state index in [9.17, 15) is 18.0 Å². The van der Waals surface area contributed by atoms with Gasteiger partial charge in [-0.05, 0) is 69.2 Å². The van der Waals surface area contributed by atoms with Gasteiger partial charge < -0.3 is 19.7 Å². The van der Waals surface area contributed by atoms with Crippen molar-refractivity contribution < 1.29 is 27.5 Å². The fourth-order valence-corrected chi connectivity index (χ4v) is 5.96. The molecule has 0 aliphatic rings. The van der Waals surface area contributed by atoms with Crippen molar-refractivity contribution in [3.05, 3.63) is 81.8 Å². The Morgan fingerprint density at radius 2 is 1.60 bits per heavy atom. The Kier molecular flexibility index (Phi) is 11.7. The van der Waals surface area contributed by atoms with E-state index >= 15 is 0 Å². The number of sulfonamides is 1. The average Bonchev–Trinajstić information content (AvgIpc) is 2.99. The van der Waals surface area contributed by atoms with E-state index in [1.807, 2.05) is 20.8 Å². The highest BCUT2D eigenvalue weighted by molar-refractivity contribution is 7.92. The van der Waals surface area contributed by atoms with Gasteiger partial charge in [0.25, 0.3) is 10.0 Å². The molecule has 0 saturated carbocycles. The standard InChI is InChI=1S/C31H37Cl2N3O6S/c1-7-21(3)34-31(38)22(4)35(18-23-10-14-26(32)27(33)16-23)30(37)19-36(28-17-24(41-5)11-15-29(28)42-6)43(39,40)25-12-8-20(2)9-13-25/h8-17,21-22H,7,18-19H2,1-6H3,(H,34,38)/t21-,22-/m0/s1. The molecule has 0 aliphatic heterocycles. The van der Waals surface area contributed by atoms with Crippen molar-refractivity contribution in [2.45, 2.75) is 57.6 Å². The largest absolute Gasteiger partial charge is 0.497 e. The second-order valence-corrected chi connectivity index (χ2v) is 12.8. The normalized spacial score (nSPS) is 12.7. The number of hydrogen-bond acceptors (Lipinski definition) is 6. The number of halogens is 2. The number of anilines is 1. The quantitative estimate of drug-likeness (QED) is 0.249. The summed E-state index contributed by atoms with van der Waals surface area (Å²) in [5.41, 5.74) is 1.58. The Balaban J connectivity index is 2.13. The number of hydrogen-bond donors (Lipinski definition) is 1. The van der Waals surface area contributed by atoms with Crippen LogP contribution in [-0.2, 0) is 26.2 Å². The Hall–Kier alpha value is -3.47. The maximum absolute atomic E-state index is 14.2. The summed E-state index contributed by atoms with van der Waals surface area (Å²) in [6.07, 6.45) is 0.692. The summed E-state index contributed by atoms with van der Waals surface area (Å²) >= 11 is 12.3. The van der Waals surface area contributed by atoms with Gasteiger partial charge in [-0.2, -0.15) is 0 Å². The summed E-state index contributed by atoms with van der Waals surface area (Å²) in [6, 6.07) is 14.8. The molecule has 0 aliphatic carbocycles. The van der Waals surface area contributed by atoms with E-state index in [1.54, 1.807) is 49.4 Å². The first kappa shape index (κ1) is 34.0. The minimum atomic E-state index is -4.30. The van der Waals surface area contributed by atoms with Crippen LogP contribution in [0.3, 0.4) is 0 Å². The highest BCUT2D eigenvalue weighted by atomic mass is 35.5. The van der Waals surface area contributed by atoms with Crippen molar-refractivity contribution in [1.82, 2.24) is 10.2 Å². The number of benzene rings is 3. The van der Waals surface area contributed by atoms with Crippen LogP contribution in [0.2, 0.25) is 10.0 Å². The molecule has 2 amide bonds. The Bertz CT molecular complexity index is 1550. The highest BCUT2D eigenvalue weighted by Gasteiger charge is 2.34. The van der Waals surface area contributed by atoms with Crippen molar-refractivity contribution >= 4 is 50.7 Å². The SMILES string of the molecule is CC[C@H](C)NC(=O)[C@H](C)N(Cc1ccc(Cl)c(Cl)c1)C(=O)CN(c1cc(OC)ccc1OC)S(=O)(=O)c1ccc(C)cc1. The number of ether oxygens (including phenoxy) is 2. The monoisotopic (exact) mass is 649 g/mol. The lowest BCUT2D eigenvalue weighted by Gasteiger charge is -2.33. The second kappa shape index (κ2) is 14.8. The maximum Gasteiger partial charge on any atom is 0.264 e. The Labute approximate surface area is 263 Å². The average molecular weight is 651 g/mol. The fraction of sp³-hybridized carbons (Fsp3) is 0.355. The molecule has 0 bridgehead atoms. The van der Waals surface area contributed by atoms with Crippen molar-refractivity contribution in [2.24, 2.45) is 0 Å². The summed E-state index contributed by atoms with van der Waals surface area (Å²) in [4.78, 5) is 28.7. The molecule has 0 radical (unpaired) electrons. The minimum Gasteiger partial charge on any atom is -0.497 e. The first-order chi connectivity index (χ1) is 20.3. The lowest BCUT2D eigenvalue weighted by molar-refractivity contribution is -0.139. The number of carbonyl (C=O) groups excluding carboxylic acids is 2.